The molecule has 0 radical (unpaired) electrons. The predicted octanol–water partition coefficient (Wildman–Crippen LogP) is 1.97. The van der Waals surface area contributed by atoms with Gasteiger partial charge in [0.2, 0.25) is 5.89 Å². The third-order valence-corrected chi connectivity index (χ3v) is 1.61. The maximum absolute atomic E-state index is 5.37. The minimum absolute atomic E-state index is 0.425. The molecule has 62 valence electrons. The van der Waals surface area contributed by atoms with Crippen LogP contribution in [-0.2, 0) is 11.3 Å². The Morgan fingerprint density at radius 3 is 3.00 bits per heavy atom. The molecule has 0 saturated carbocycles. The Labute approximate surface area is 70.0 Å². The van der Waals surface area contributed by atoms with Crippen molar-refractivity contribution >= 4 is 11.1 Å². The summed E-state index contributed by atoms with van der Waals surface area (Å²) in [5.41, 5.74) is 1.69. The number of oxazole rings is 1. The summed E-state index contributed by atoms with van der Waals surface area (Å²) in [6.45, 7) is 0.425. The topological polar surface area (TPSA) is 35.3 Å². The highest BCUT2D eigenvalue weighted by Gasteiger charge is 2.02. The van der Waals surface area contributed by atoms with Gasteiger partial charge in [0.15, 0.2) is 5.58 Å². The van der Waals surface area contributed by atoms with Crippen molar-refractivity contribution in [1.82, 2.24) is 4.98 Å². The second kappa shape index (κ2) is 2.95. The standard InChI is InChI=1S/C9H9NO2/c1-11-6-9-10-7-4-2-3-5-8(7)12-9/h2-5H,6H2,1H3. The van der Waals surface area contributed by atoms with Crippen LogP contribution < -0.4 is 0 Å². The summed E-state index contributed by atoms with van der Waals surface area (Å²) in [6, 6.07) is 7.66. The molecule has 0 spiro atoms. The van der Waals surface area contributed by atoms with Gasteiger partial charge in [-0.15, -0.1) is 0 Å². The SMILES string of the molecule is COCc1nc2ccccc2o1. The minimum Gasteiger partial charge on any atom is -0.438 e. The minimum atomic E-state index is 0.425. The molecule has 3 heteroatoms. The van der Waals surface area contributed by atoms with Crippen molar-refractivity contribution in [3.8, 4) is 0 Å². The van der Waals surface area contributed by atoms with Gasteiger partial charge in [-0.2, -0.15) is 0 Å². The smallest absolute Gasteiger partial charge is 0.221 e. The molecule has 0 atom stereocenters. The van der Waals surface area contributed by atoms with Crippen LogP contribution in [0, 0.1) is 0 Å². The molecule has 2 aromatic rings. The van der Waals surface area contributed by atoms with Crippen LogP contribution in [0.15, 0.2) is 28.7 Å². The van der Waals surface area contributed by atoms with E-state index in [1.54, 1.807) is 7.11 Å². The average Bonchev–Trinajstić information content (AvgIpc) is 2.47. The molecular weight excluding hydrogens is 154 g/mol. The van der Waals surface area contributed by atoms with Crippen molar-refractivity contribution in [1.29, 1.82) is 0 Å². The Morgan fingerprint density at radius 1 is 1.42 bits per heavy atom. The number of methoxy groups -OCH3 is 1. The predicted molar refractivity (Wildman–Crippen MR) is 44.7 cm³/mol. The molecule has 0 saturated heterocycles. The summed E-state index contributed by atoms with van der Waals surface area (Å²) < 4.78 is 10.3. The summed E-state index contributed by atoms with van der Waals surface area (Å²) in [5, 5.41) is 0. The van der Waals surface area contributed by atoms with Crippen molar-refractivity contribution in [2.24, 2.45) is 0 Å². The first kappa shape index (κ1) is 7.31. The molecule has 0 aliphatic heterocycles. The maximum Gasteiger partial charge on any atom is 0.221 e. The first-order valence-corrected chi connectivity index (χ1v) is 3.73. The van der Waals surface area contributed by atoms with E-state index in [2.05, 4.69) is 4.98 Å². The third-order valence-electron chi connectivity index (χ3n) is 1.61. The van der Waals surface area contributed by atoms with Crippen molar-refractivity contribution in [3.05, 3.63) is 30.2 Å². The lowest BCUT2D eigenvalue weighted by Crippen LogP contribution is -1.85. The van der Waals surface area contributed by atoms with Gasteiger partial charge in [-0.3, -0.25) is 0 Å². The second-order valence-corrected chi connectivity index (χ2v) is 2.51. The molecule has 1 aromatic heterocycles. The van der Waals surface area contributed by atoms with Crippen LogP contribution in [0.2, 0.25) is 0 Å². The molecule has 0 aliphatic rings. The van der Waals surface area contributed by atoms with Crippen molar-refractivity contribution in [2.75, 3.05) is 7.11 Å². The zero-order valence-corrected chi connectivity index (χ0v) is 6.78. The number of nitrogens with zero attached hydrogens (tertiary/aromatic N) is 1. The summed E-state index contributed by atoms with van der Waals surface area (Å²) in [4.78, 5) is 4.21. The van der Waals surface area contributed by atoms with E-state index in [1.807, 2.05) is 24.3 Å². The normalized spacial score (nSPS) is 10.8. The summed E-state index contributed by atoms with van der Waals surface area (Å²) in [5.74, 6) is 0.624. The van der Waals surface area contributed by atoms with E-state index in [0.717, 1.165) is 11.1 Å². The van der Waals surface area contributed by atoms with Gasteiger partial charge in [-0.25, -0.2) is 4.98 Å². The molecule has 0 bridgehead atoms. The Kier molecular flexibility index (Phi) is 1.80. The lowest BCUT2D eigenvalue weighted by Gasteiger charge is -1.87. The van der Waals surface area contributed by atoms with Crippen LogP contribution in [0.1, 0.15) is 5.89 Å². The first-order valence-electron chi connectivity index (χ1n) is 3.73. The first-order chi connectivity index (χ1) is 5.90. The van der Waals surface area contributed by atoms with Crippen LogP contribution in [0.4, 0.5) is 0 Å². The van der Waals surface area contributed by atoms with Crippen LogP contribution in [0.25, 0.3) is 11.1 Å². The quantitative estimate of drug-likeness (QED) is 0.679. The Bertz CT molecular complexity index is 348. The van der Waals surface area contributed by atoms with Crippen LogP contribution >= 0.6 is 0 Å². The molecule has 12 heavy (non-hydrogen) atoms. The summed E-state index contributed by atoms with van der Waals surface area (Å²) >= 11 is 0. The monoisotopic (exact) mass is 163 g/mol. The van der Waals surface area contributed by atoms with E-state index in [1.165, 1.54) is 0 Å². The fourth-order valence-electron chi connectivity index (χ4n) is 1.11. The van der Waals surface area contributed by atoms with Crippen molar-refractivity contribution in [3.63, 3.8) is 0 Å². The number of hydrogen-bond acceptors (Lipinski definition) is 3. The van der Waals surface area contributed by atoms with Crippen molar-refractivity contribution in [2.45, 2.75) is 6.61 Å². The average molecular weight is 163 g/mol. The lowest BCUT2D eigenvalue weighted by molar-refractivity contribution is 0.161. The van der Waals surface area contributed by atoms with E-state index >= 15 is 0 Å². The molecule has 1 heterocycles. The molecule has 0 fully saturated rings. The fourth-order valence-corrected chi connectivity index (χ4v) is 1.11. The molecule has 2 rings (SSSR count). The van der Waals surface area contributed by atoms with Gasteiger partial charge < -0.3 is 9.15 Å². The van der Waals surface area contributed by atoms with Gasteiger partial charge in [0.1, 0.15) is 12.1 Å². The number of para-hydroxylation sites is 2. The van der Waals surface area contributed by atoms with Gasteiger partial charge in [-0.05, 0) is 12.1 Å². The van der Waals surface area contributed by atoms with Crippen LogP contribution in [0.5, 0.6) is 0 Å². The molecule has 0 unspecified atom stereocenters. The zero-order chi connectivity index (χ0) is 8.39. The van der Waals surface area contributed by atoms with E-state index in [4.69, 9.17) is 9.15 Å². The van der Waals surface area contributed by atoms with Gasteiger partial charge in [0.25, 0.3) is 0 Å². The van der Waals surface area contributed by atoms with E-state index in [9.17, 15) is 0 Å². The Hall–Kier alpha value is -1.35. The zero-order valence-electron chi connectivity index (χ0n) is 6.78. The van der Waals surface area contributed by atoms with Gasteiger partial charge in [0, 0.05) is 7.11 Å². The highest BCUT2D eigenvalue weighted by atomic mass is 16.5. The fraction of sp³-hybridized carbons (Fsp3) is 0.222. The molecular formula is C9H9NO2. The number of benzene rings is 1. The molecule has 1 aromatic carbocycles. The second-order valence-electron chi connectivity index (χ2n) is 2.51. The number of rotatable bonds is 2. The van der Waals surface area contributed by atoms with E-state index < -0.39 is 0 Å². The third kappa shape index (κ3) is 1.19. The van der Waals surface area contributed by atoms with Crippen LogP contribution in [-0.4, -0.2) is 12.1 Å². The molecule has 0 amide bonds. The number of ether oxygens (including phenoxy) is 1. The van der Waals surface area contributed by atoms with Gasteiger partial charge in [-0.1, -0.05) is 12.1 Å². The van der Waals surface area contributed by atoms with Crippen molar-refractivity contribution < 1.29 is 9.15 Å². The largest absolute Gasteiger partial charge is 0.438 e. The van der Waals surface area contributed by atoms with Crippen LogP contribution in [0.3, 0.4) is 0 Å². The van der Waals surface area contributed by atoms with E-state index in [0.29, 0.717) is 12.5 Å². The molecule has 0 N–H and O–H groups in total. The lowest BCUT2D eigenvalue weighted by atomic mass is 10.3. The van der Waals surface area contributed by atoms with E-state index in [-0.39, 0.29) is 0 Å². The summed E-state index contributed by atoms with van der Waals surface area (Å²) in [7, 11) is 1.62. The molecule has 3 nitrogen and oxygen atoms in total. The highest BCUT2D eigenvalue weighted by molar-refractivity contribution is 5.71. The maximum atomic E-state index is 5.37. The van der Waals surface area contributed by atoms with Gasteiger partial charge in [0.05, 0.1) is 0 Å². The Morgan fingerprint density at radius 2 is 2.25 bits per heavy atom. The number of fused-ring (bicyclic) bond motifs is 1. The molecule has 0 aliphatic carbocycles. The number of aromatic nitrogens is 1. The Balaban J connectivity index is 2.47. The van der Waals surface area contributed by atoms with Gasteiger partial charge >= 0.3 is 0 Å². The number of hydrogen-bond donors (Lipinski definition) is 0. The summed E-state index contributed by atoms with van der Waals surface area (Å²) in [6.07, 6.45) is 0. The highest BCUT2D eigenvalue weighted by Crippen LogP contribution is 2.14.